The summed E-state index contributed by atoms with van der Waals surface area (Å²) in [6.45, 7) is 3.19. The number of hydrazine groups is 1. The van der Waals surface area contributed by atoms with Crippen LogP contribution in [0.5, 0.6) is 0 Å². The van der Waals surface area contributed by atoms with Gasteiger partial charge < -0.3 is 0 Å². The van der Waals surface area contributed by atoms with Crippen molar-refractivity contribution in [1.29, 1.82) is 0 Å². The highest BCUT2D eigenvalue weighted by Crippen LogP contribution is 2.21. The SMILES string of the molecule is C=[N+]([NH-])N1C(=O)c2ccccc2C1=O. The lowest BCUT2D eigenvalue weighted by molar-refractivity contribution is -0.582. The maximum absolute atomic E-state index is 11.6. The summed E-state index contributed by atoms with van der Waals surface area (Å²) in [6.07, 6.45) is 0. The van der Waals surface area contributed by atoms with Crippen LogP contribution in [-0.2, 0) is 0 Å². The van der Waals surface area contributed by atoms with Crippen molar-refractivity contribution in [3.8, 4) is 0 Å². The average Bonchev–Trinajstić information content (AvgIpc) is 2.41. The Morgan fingerprint density at radius 1 is 1.14 bits per heavy atom. The lowest BCUT2D eigenvalue weighted by atomic mass is 10.1. The van der Waals surface area contributed by atoms with Crippen LogP contribution in [0, 0.1) is 0 Å². The number of hydrazone groups is 1. The molecular weight excluding hydrogens is 182 g/mol. The first-order valence-corrected chi connectivity index (χ1v) is 3.92. The summed E-state index contributed by atoms with van der Waals surface area (Å²) in [5.74, 6) is 6.11. The topological polar surface area (TPSA) is 64.2 Å². The molecule has 0 aliphatic carbocycles. The lowest BCUT2D eigenvalue weighted by Crippen LogP contribution is -2.34. The van der Waals surface area contributed by atoms with Gasteiger partial charge in [0.2, 0.25) is 11.8 Å². The van der Waals surface area contributed by atoms with Gasteiger partial charge in [0.05, 0.1) is 0 Å². The molecule has 5 nitrogen and oxygen atoms in total. The summed E-state index contributed by atoms with van der Waals surface area (Å²) in [5.41, 5.74) is 0.636. The van der Waals surface area contributed by atoms with E-state index in [0.717, 1.165) is 0 Å². The van der Waals surface area contributed by atoms with Crippen LogP contribution in [0.3, 0.4) is 0 Å². The predicted molar refractivity (Wildman–Crippen MR) is 48.6 cm³/mol. The number of carbonyl (C=O) groups excluding carboxylic acids is 2. The normalized spacial score (nSPS) is 14.4. The number of carbonyl (C=O) groups is 2. The number of rotatable bonds is 1. The largest absolute Gasteiger partial charge is 0.288 e. The van der Waals surface area contributed by atoms with E-state index in [2.05, 4.69) is 6.72 Å². The first kappa shape index (κ1) is 8.43. The van der Waals surface area contributed by atoms with E-state index in [-0.39, 0.29) is 0 Å². The summed E-state index contributed by atoms with van der Waals surface area (Å²) in [5, 5.41) is 0.685. The predicted octanol–water partition coefficient (Wildman–Crippen LogP) is 0.878. The van der Waals surface area contributed by atoms with Crippen molar-refractivity contribution in [2.24, 2.45) is 0 Å². The van der Waals surface area contributed by atoms with Gasteiger partial charge in [0.15, 0.2) is 6.72 Å². The van der Waals surface area contributed by atoms with Crippen LogP contribution >= 0.6 is 0 Å². The zero-order valence-electron chi connectivity index (χ0n) is 7.23. The highest BCUT2D eigenvalue weighted by Gasteiger charge is 2.34. The van der Waals surface area contributed by atoms with Gasteiger partial charge in [-0.1, -0.05) is 24.3 Å². The number of imide groups is 1. The molecule has 1 heterocycles. The smallest absolute Gasteiger partial charge is 0.235 e. The molecule has 1 aliphatic rings. The standard InChI is InChI=1S/C9H7N3O2/c1-11(10)12-8(13)6-4-2-3-5-7(6)9(12)14/h2-5,10H,1H2. The van der Waals surface area contributed by atoms with Gasteiger partial charge in [-0.2, -0.15) is 0 Å². The third-order valence-corrected chi connectivity index (χ3v) is 2.01. The average molecular weight is 189 g/mol. The van der Waals surface area contributed by atoms with Gasteiger partial charge in [0.1, 0.15) is 0 Å². The molecule has 0 saturated carbocycles. The number of nitrogens with zero attached hydrogens (tertiary/aromatic N) is 2. The lowest BCUT2D eigenvalue weighted by Gasteiger charge is -2.12. The Labute approximate surface area is 80.0 Å². The van der Waals surface area contributed by atoms with Gasteiger partial charge in [-0.3, -0.25) is 9.59 Å². The molecule has 2 amide bonds. The first-order chi connectivity index (χ1) is 6.63. The second-order valence-corrected chi connectivity index (χ2v) is 2.87. The van der Waals surface area contributed by atoms with E-state index in [1.54, 1.807) is 24.3 Å². The minimum Gasteiger partial charge on any atom is -0.288 e. The van der Waals surface area contributed by atoms with Crippen LogP contribution in [0.15, 0.2) is 24.3 Å². The minimum absolute atomic E-state index is 0.318. The van der Waals surface area contributed by atoms with Gasteiger partial charge in [-0.15, -0.1) is 9.80 Å². The molecule has 1 N–H and O–H groups in total. The van der Waals surface area contributed by atoms with Crippen molar-refractivity contribution in [2.45, 2.75) is 0 Å². The Bertz CT molecular complexity index is 418. The van der Waals surface area contributed by atoms with Crippen LogP contribution in [0.4, 0.5) is 0 Å². The molecule has 14 heavy (non-hydrogen) atoms. The van der Waals surface area contributed by atoms with Crippen LogP contribution in [0.1, 0.15) is 20.7 Å². The number of benzene rings is 1. The molecule has 0 saturated heterocycles. The van der Waals surface area contributed by atoms with Crippen LogP contribution < -0.4 is 0 Å². The minimum atomic E-state index is -0.504. The summed E-state index contributed by atoms with van der Waals surface area (Å²) >= 11 is 0. The second kappa shape index (κ2) is 2.66. The molecule has 1 aromatic rings. The summed E-state index contributed by atoms with van der Waals surface area (Å²) in [6, 6.07) is 6.45. The highest BCUT2D eigenvalue weighted by atomic mass is 16.2. The number of amides is 2. The van der Waals surface area contributed by atoms with Crippen LogP contribution in [0.2, 0.25) is 0 Å². The van der Waals surface area contributed by atoms with Crippen molar-refractivity contribution >= 4 is 18.5 Å². The van der Waals surface area contributed by atoms with E-state index in [4.69, 9.17) is 5.84 Å². The quantitative estimate of drug-likeness (QED) is 0.285. The first-order valence-electron chi connectivity index (χ1n) is 3.92. The Hall–Kier alpha value is -2.17. The van der Waals surface area contributed by atoms with E-state index in [1.807, 2.05) is 0 Å². The monoisotopic (exact) mass is 189 g/mol. The Kier molecular flexibility index (Phi) is 1.60. The molecule has 0 unspecified atom stereocenters. The zero-order chi connectivity index (χ0) is 10.3. The number of hydrogen-bond acceptors (Lipinski definition) is 2. The van der Waals surface area contributed by atoms with Gasteiger partial charge >= 0.3 is 0 Å². The summed E-state index contributed by atoms with van der Waals surface area (Å²) < 4.78 is 0. The molecule has 1 aromatic carbocycles. The number of fused-ring (bicyclic) bond motifs is 1. The van der Waals surface area contributed by atoms with E-state index >= 15 is 0 Å². The Morgan fingerprint density at radius 2 is 1.57 bits per heavy atom. The summed E-state index contributed by atoms with van der Waals surface area (Å²) in [7, 11) is 0. The molecule has 1 aliphatic heterocycles. The van der Waals surface area contributed by atoms with Crippen LogP contribution in [-0.4, -0.2) is 28.3 Å². The van der Waals surface area contributed by atoms with Gasteiger partial charge in [0, 0.05) is 11.1 Å². The maximum Gasteiger partial charge on any atom is 0.235 e. The fourth-order valence-electron chi connectivity index (χ4n) is 1.40. The maximum atomic E-state index is 11.6. The molecule has 0 aromatic heterocycles. The fraction of sp³-hybridized carbons (Fsp3) is 0. The molecule has 0 atom stereocenters. The third-order valence-electron chi connectivity index (χ3n) is 2.01. The van der Waals surface area contributed by atoms with E-state index in [9.17, 15) is 9.59 Å². The zero-order valence-corrected chi connectivity index (χ0v) is 7.23. The van der Waals surface area contributed by atoms with E-state index in [0.29, 0.717) is 20.9 Å². The van der Waals surface area contributed by atoms with Crippen molar-refractivity contribution in [3.63, 3.8) is 0 Å². The van der Waals surface area contributed by atoms with Gasteiger partial charge in [-0.25, -0.2) is 5.84 Å². The molecule has 5 heteroatoms. The molecule has 0 radical (unpaired) electrons. The second-order valence-electron chi connectivity index (χ2n) is 2.87. The van der Waals surface area contributed by atoms with Crippen molar-refractivity contribution < 1.29 is 14.4 Å². The molecule has 2 rings (SSSR count). The Balaban J connectivity index is 2.59. The van der Waals surface area contributed by atoms with E-state index < -0.39 is 11.8 Å². The molecular formula is C9H7N3O2. The van der Waals surface area contributed by atoms with Crippen LogP contribution in [0.25, 0.3) is 5.84 Å². The molecule has 70 valence electrons. The van der Waals surface area contributed by atoms with Crippen molar-refractivity contribution in [2.75, 3.05) is 0 Å². The van der Waals surface area contributed by atoms with E-state index in [1.165, 1.54) is 0 Å². The number of nitrogens with one attached hydrogen (secondary N) is 1. The van der Waals surface area contributed by atoms with Crippen molar-refractivity contribution in [1.82, 2.24) is 5.01 Å². The molecule has 0 bridgehead atoms. The molecule has 0 spiro atoms. The number of hydrogen-bond donors (Lipinski definition) is 0. The van der Waals surface area contributed by atoms with Gasteiger partial charge in [-0.05, 0) is 0 Å². The summed E-state index contributed by atoms with van der Waals surface area (Å²) in [4.78, 5) is 23.6. The third kappa shape index (κ3) is 0.922. The van der Waals surface area contributed by atoms with Gasteiger partial charge in [0.25, 0.3) is 0 Å². The fourth-order valence-corrected chi connectivity index (χ4v) is 1.40. The van der Waals surface area contributed by atoms with Crippen molar-refractivity contribution in [3.05, 3.63) is 41.2 Å². The highest BCUT2D eigenvalue weighted by molar-refractivity contribution is 6.20. The Morgan fingerprint density at radius 3 is 1.93 bits per heavy atom. The molecule has 0 fully saturated rings.